The third-order valence-corrected chi connectivity index (χ3v) is 4.85. The monoisotopic (exact) mass is 356 g/mol. The van der Waals surface area contributed by atoms with Gasteiger partial charge in [0.05, 0.1) is 6.42 Å². The van der Waals surface area contributed by atoms with Crippen LogP contribution in [0.15, 0.2) is 29.3 Å². The van der Waals surface area contributed by atoms with Crippen molar-refractivity contribution < 1.29 is 4.79 Å². The van der Waals surface area contributed by atoms with Gasteiger partial charge in [0.2, 0.25) is 5.91 Å². The van der Waals surface area contributed by atoms with Crippen LogP contribution in [0.5, 0.6) is 0 Å². The number of aryl methyl sites for hydroxylation is 1. The minimum absolute atomic E-state index is 0.0241. The van der Waals surface area contributed by atoms with E-state index >= 15 is 0 Å². The maximum atomic E-state index is 12.7. The van der Waals surface area contributed by atoms with E-state index in [-0.39, 0.29) is 17.9 Å². The van der Waals surface area contributed by atoms with Gasteiger partial charge in [0.25, 0.3) is 5.56 Å². The minimum Gasteiger partial charge on any atom is -0.342 e. The van der Waals surface area contributed by atoms with E-state index in [2.05, 4.69) is 28.8 Å². The third-order valence-electron chi connectivity index (χ3n) is 4.85. The lowest BCUT2D eigenvalue weighted by molar-refractivity contribution is -0.131. The van der Waals surface area contributed by atoms with Crippen LogP contribution in [0.1, 0.15) is 44.9 Å². The van der Waals surface area contributed by atoms with Crippen LogP contribution in [-0.4, -0.2) is 38.8 Å². The summed E-state index contributed by atoms with van der Waals surface area (Å²) < 4.78 is 0. The number of carbonyl (C=O) groups excluding carboxylic acids is 1. The fourth-order valence-electron chi connectivity index (χ4n) is 2.99. The standard InChI is InChI=1S/C20H28N4O2/c1-5-15(6-2)13-24(7-3)18(25)11-17-14(4)22-19(23-20(17)26)16-9-8-10-21-12-16/h8-10,12,15H,5-7,11,13H2,1-4H3,(H,22,23,26). The largest absolute Gasteiger partial charge is 0.342 e. The molecule has 0 aromatic carbocycles. The van der Waals surface area contributed by atoms with E-state index in [0.717, 1.165) is 24.9 Å². The average molecular weight is 356 g/mol. The van der Waals surface area contributed by atoms with Gasteiger partial charge in [0, 0.05) is 42.3 Å². The van der Waals surface area contributed by atoms with E-state index in [1.807, 2.05) is 17.9 Å². The second-order valence-corrected chi connectivity index (χ2v) is 6.51. The highest BCUT2D eigenvalue weighted by atomic mass is 16.2. The summed E-state index contributed by atoms with van der Waals surface area (Å²) in [5.74, 6) is 0.939. The molecule has 2 aromatic rings. The number of hydrogen-bond acceptors (Lipinski definition) is 4. The molecule has 1 N–H and O–H groups in total. The van der Waals surface area contributed by atoms with Gasteiger partial charge in [-0.2, -0.15) is 0 Å². The molecule has 0 radical (unpaired) electrons. The minimum atomic E-state index is -0.261. The molecule has 0 fully saturated rings. The summed E-state index contributed by atoms with van der Waals surface area (Å²) in [6.07, 6.45) is 5.48. The molecule has 0 aliphatic heterocycles. The summed E-state index contributed by atoms with van der Waals surface area (Å²) in [5, 5.41) is 0. The summed E-state index contributed by atoms with van der Waals surface area (Å²) in [6.45, 7) is 9.41. The van der Waals surface area contributed by atoms with E-state index in [9.17, 15) is 9.59 Å². The summed E-state index contributed by atoms with van der Waals surface area (Å²) in [5.41, 5.74) is 1.50. The Morgan fingerprint density at radius 1 is 1.27 bits per heavy atom. The van der Waals surface area contributed by atoms with Crippen molar-refractivity contribution in [1.29, 1.82) is 0 Å². The Morgan fingerprint density at radius 2 is 2.00 bits per heavy atom. The highest BCUT2D eigenvalue weighted by Crippen LogP contribution is 2.14. The molecule has 0 spiro atoms. The molecule has 140 valence electrons. The first-order valence-corrected chi connectivity index (χ1v) is 9.28. The molecule has 1 amide bonds. The van der Waals surface area contributed by atoms with Crippen molar-refractivity contribution in [1.82, 2.24) is 19.9 Å². The molecule has 0 saturated heterocycles. The van der Waals surface area contributed by atoms with Crippen LogP contribution >= 0.6 is 0 Å². The van der Waals surface area contributed by atoms with Crippen LogP contribution in [0.4, 0.5) is 0 Å². The number of nitrogens with zero attached hydrogens (tertiary/aromatic N) is 3. The molecular formula is C20H28N4O2. The molecule has 0 bridgehead atoms. The Kier molecular flexibility index (Phi) is 7.06. The van der Waals surface area contributed by atoms with Gasteiger partial charge in [-0.3, -0.25) is 14.6 Å². The maximum Gasteiger partial charge on any atom is 0.255 e. The lowest BCUT2D eigenvalue weighted by Gasteiger charge is -2.25. The number of aromatic nitrogens is 3. The van der Waals surface area contributed by atoms with Gasteiger partial charge in [-0.15, -0.1) is 0 Å². The first-order valence-electron chi connectivity index (χ1n) is 9.28. The molecule has 26 heavy (non-hydrogen) atoms. The lowest BCUT2D eigenvalue weighted by Crippen LogP contribution is -2.37. The van der Waals surface area contributed by atoms with E-state index in [1.165, 1.54) is 0 Å². The van der Waals surface area contributed by atoms with Crippen molar-refractivity contribution in [3.05, 3.63) is 46.1 Å². The molecular weight excluding hydrogens is 328 g/mol. The van der Waals surface area contributed by atoms with Gasteiger partial charge in [-0.1, -0.05) is 26.7 Å². The Morgan fingerprint density at radius 3 is 2.54 bits per heavy atom. The fourth-order valence-corrected chi connectivity index (χ4v) is 2.99. The number of amides is 1. The summed E-state index contributed by atoms with van der Waals surface area (Å²) in [7, 11) is 0. The van der Waals surface area contributed by atoms with Crippen molar-refractivity contribution >= 4 is 5.91 Å². The molecule has 6 nitrogen and oxygen atoms in total. The first kappa shape index (κ1) is 19.8. The quantitative estimate of drug-likeness (QED) is 0.789. The van der Waals surface area contributed by atoms with Gasteiger partial charge in [0.15, 0.2) is 0 Å². The molecule has 0 aliphatic rings. The number of nitrogens with one attached hydrogen (secondary N) is 1. The number of carbonyl (C=O) groups is 1. The van der Waals surface area contributed by atoms with Crippen molar-refractivity contribution in [2.45, 2.75) is 47.0 Å². The number of pyridine rings is 1. The lowest BCUT2D eigenvalue weighted by atomic mass is 10.0. The predicted octanol–water partition coefficient (Wildman–Crippen LogP) is 2.97. The van der Waals surface area contributed by atoms with Crippen LogP contribution < -0.4 is 5.56 Å². The van der Waals surface area contributed by atoms with Gasteiger partial charge < -0.3 is 9.88 Å². The molecule has 0 atom stereocenters. The first-order chi connectivity index (χ1) is 12.5. The second-order valence-electron chi connectivity index (χ2n) is 6.51. The highest BCUT2D eigenvalue weighted by Gasteiger charge is 2.19. The van der Waals surface area contributed by atoms with Crippen LogP contribution in [-0.2, 0) is 11.2 Å². The maximum absolute atomic E-state index is 12.7. The van der Waals surface area contributed by atoms with Crippen LogP contribution in [0.2, 0.25) is 0 Å². The molecule has 6 heteroatoms. The third kappa shape index (κ3) is 4.77. The van der Waals surface area contributed by atoms with Gasteiger partial charge in [-0.25, -0.2) is 4.98 Å². The van der Waals surface area contributed by atoms with Gasteiger partial charge >= 0.3 is 0 Å². The number of likely N-dealkylation sites (N-methyl/N-ethyl adjacent to an activating group) is 1. The number of rotatable bonds is 8. The normalized spacial score (nSPS) is 11.0. The zero-order chi connectivity index (χ0) is 19.1. The Balaban J connectivity index is 2.21. The number of hydrogen-bond donors (Lipinski definition) is 1. The zero-order valence-electron chi connectivity index (χ0n) is 16.1. The summed E-state index contributed by atoms with van der Waals surface area (Å²) in [4.78, 5) is 38.4. The Labute approximate surface area is 154 Å². The summed E-state index contributed by atoms with van der Waals surface area (Å²) >= 11 is 0. The van der Waals surface area contributed by atoms with Crippen LogP contribution in [0.3, 0.4) is 0 Å². The molecule has 2 rings (SSSR count). The summed E-state index contributed by atoms with van der Waals surface area (Å²) in [6, 6.07) is 3.63. The SMILES string of the molecule is CCC(CC)CN(CC)C(=O)Cc1c(C)nc(-c2cccnc2)[nH]c1=O. The smallest absolute Gasteiger partial charge is 0.255 e. The van der Waals surface area contributed by atoms with Crippen molar-refractivity contribution in [3.8, 4) is 11.4 Å². The number of H-pyrrole nitrogens is 1. The second kappa shape index (κ2) is 9.27. The Hall–Kier alpha value is -2.50. The van der Waals surface area contributed by atoms with Crippen molar-refractivity contribution in [2.24, 2.45) is 5.92 Å². The molecule has 0 saturated carbocycles. The fraction of sp³-hybridized carbons (Fsp3) is 0.500. The topological polar surface area (TPSA) is 79.0 Å². The van der Waals surface area contributed by atoms with E-state index in [4.69, 9.17) is 0 Å². The van der Waals surface area contributed by atoms with Crippen molar-refractivity contribution in [3.63, 3.8) is 0 Å². The Bertz CT molecular complexity index is 782. The molecule has 2 heterocycles. The van der Waals surface area contributed by atoms with Gasteiger partial charge in [-0.05, 0) is 31.9 Å². The van der Waals surface area contributed by atoms with Crippen LogP contribution in [0.25, 0.3) is 11.4 Å². The predicted molar refractivity (Wildman–Crippen MR) is 103 cm³/mol. The van der Waals surface area contributed by atoms with E-state index < -0.39 is 0 Å². The van der Waals surface area contributed by atoms with Crippen LogP contribution in [0, 0.1) is 12.8 Å². The highest BCUT2D eigenvalue weighted by molar-refractivity contribution is 5.79. The molecule has 0 aliphatic carbocycles. The van der Waals surface area contributed by atoms with Crippen molar-refractivity contribution in [2.75, 3.05) is 13.1 Å². The van der Waals surface area contributed by atoms with Gasteiger partial charge in [0.1, 0.15) is 5.82 Å². The van der Waals surface area contributed by atoms with E-state index in [0.29, 0.717) is 29.5 Å². The molecule has 0 unspecified atom stereocenters. The zero-order valence-corrected chi connectivity index (χ0v) is 16.1. The molecule has 2 aromatic heterocycles. The van der Waals surface area contributed by atoms with E-state index in [1.54, 1.807) is 25.4 Å². The average Bonchev–Trinajstić information content (AvgIpc) is 2.66. The number of aromatic amines is 1.